The minimum absolute atomic E-state index is 0.0716. The molecule has 0 aromatic heterocycles. The first-order valence-electron chi connectivity index (χ1n) is 9.00. The zero-order valence-electron chi connectivity index (χ0n) is 13.5. The Morgan fingerprint density at radius 1 is 0.952 bits per heavy atom. The Bertz CT molecular complexity index is 458. The van der Waals surface area contributed by atoms with Crippen LogP contribution in [0.5, 0.6) is 0 Å². The zero-order valence-corrected chi connectivity index (χ0v) is 13.5. The number of allylic oxidation sites excluding steroid dienone is 1. The maximum atomic E-state index is 10.5. The Morgan fingerprint density at radius 3 is 2.57 bits per heavy atom. The van der Waals surface area contributed by atoms with Gasteiger partial charge in [0.2, 0.25) is 0 Å². The van der Waals surface area contributed by atoms with Crippen LogP contribution in [0, 0.1) is 34.5 Å². The molecule has 0 radical (unpaired) electrons. The lowest BCUT2D eigenvalue weighted by molar-refractivity contribution is -0.0994. The van der Waals surface area contributed by atoms with E-state index in [1.54, 1.807) is 0 Å². The minimum atomic E-state index is -0.221. The van der Waals surface area contributed by atoms with Crippen LogP contribution in [-0.4, -0.2) is 22.4 Å². The lowest BCUT2D eigenvalue weighted by atomic mass is 9.46. The second-order valence-electron chi connectivity index (χ2n) is 8.82. The molecular weight excluding hydrogens is 260 g/mol. The van der Waals surface area contributed by atoms with Gasteiger partial charge in [-0.2, -0.15) is 0 Å². The molecule has 0 amide bonds. The molecule has 118 valence electrons. The van der Waals surface area contributed by atoms with Gasteiger partial charge in [0.15, 0.2) is 0 Å². The third-order valence-electron chi connectivity index (χ3n) is 8.12. The number of rotatable bonds is 0. The molecule has 0 aliphatic heterocycles. The Balaban J connectivity index is 1.67. The summed E-state index contributed by atoms with van der Waals surface area (Å²) < 4.78 is 0. The normalized spacial score (nSPS) is 59.2. The predicted molar refractivity (Wildman–Crippen MR) is 83.6 cm³/mol. The zero-order chi connectivity index (χ0) is 14.8. The van der Waals surface area contributed by atoms with Crippen molar-refractivity contribution in [2.24, 2.45) is 34.5 Å². The molecule has 21 heavy (non-hydrogen) atoms. The van der Waals surface area contributed by atoms with Crippen LogP contribution in [-0.2, 0) is 0 Å². The highest BCUT2D eigenvalue weighted by molar-refractivity contribution is 5.17. The second-order valence-corrected chi connectivity index (χ2v) is 8.82. The molecule has 3 fully saturated rings. The topological polar surface area (TPSA) is 40.5 Å². The monoisotopic (exact) mass is 290 g/mol. The molecule has 0 spiro atoms. The first-order chi connectivity index (χ1) is 9.95. The smallest absolute Gasteiger partial charge is 0.0724 e. The van der Waals surface area contributed by atoms with Gasteiger partial charge in [-0.25, -0.2) is 0 Å². The van der Waals surface area contributed by atoms with Gasteiger partial charge in [-0.3, -0.25) is 0 Å². The van der Waals surface area contributed by atoms with E-state index in [0.717, 1.165) is 30.6 Å². The average Bonchev–Trinajstić information content (AvgIpc) is 2.76. The third kappa shape index (κ3) is 1.84. The Labute approximate surface area is 128 Å². The molecule has 0 aromatic carbocycles. The van der Waals surface area contributed by atoms with E-state index in [-0.39, 0.29) is 23.0 Å². The van der Waals surface area contributed by atoms with Gasteiger partial charge in [-0.05, 0) is 79.4 Å². The fourth-order valence-corrected chi connectivity index (χ4v) is 6.76. The maximum absolute atomic E-state index is 10.5. The largest absolute Gasteiger partial charge is 0.393 e. The summed E-state index contributed by atoms with van der Waals surface area (Å²) in [5.74, 6) is 2.95. The van der Waals surface area contributed by atoms with E-state index in [1.165, 1.54) is 32.1 Å². The molecule has 2 unspecified atom stereocenters. The summed E-state index contributed by atoms with van der Waals surface area (Å²) in [5.41, 5.74) is 0.472. The molecule has 2 N–H and O–H groups in total. The van der Waals surface area contributed by atoms with Crippen LogP contribution in [0.3, 0.4) is 0 Å². The van der Waals surface area contributed by atoms with E-state index in [2.05, 4.69) is 26.0 Å². The first kappa shape index (κ1) is 14.3. The van der Waals surface area contributed by atoms with Gasteiger partial charge in [0.25, 0.3) is 0 Å². The van der Waals surface area contributed by atoms with E-state index in [4.69, 9.17) is 0 Å². The van der Waals surface area contributed by atoms with Gasteiger partial charge in [-0.1, -0.05) is 26.0 Å². The maximum Gasteiger partial charge on any atom is 0.0724 e. The van der Waals surface area contributed by atoms with E-state index in [9.17, 15) is 10.2 Å². The molecule has 2 heteroatoms. The molecule has 0 heterocycles. The van der Waals surface area contributed by atoms with E-state index >= 15 is 0 Å². The van der Waals surface area contributed by atoms with Crippen LogP contribution in [0.1, 0.15) is 58.8 Å². The predicted octanol–water partition coefficient (Wildman–Crippen LogP) is 3.53. The summed E-state index contributed by atoms with van der Waals surface area (Å²) >= 11 is 0. The van der Waals surface area contributed by atoms with E-state index < -0.39 is 0 Å². The Morgan fingerprint density at radius 2 is 1.76 bits per heavy atom. The summed E-state index contributed by atoms with van der Waals surface area (Å²) in [5, 5.41) is 20.4. The highest BCUT2D eigenvalue weighted by Gasteiger charge is 2.59. The van der Waals surface area contributed by atoms with Crippen molar-refractivity contribution >= 4 is 0 Å². The summed E-state index contributed by atoms with van der Waals surface area (Å²) in [6.07, 6.45) is 12.4. The number of hydrogen-bond donors (Lipinski definition) is 2. The second kappa shape index (κ2) is 4.58. The van der Waals surface area contributed by atoms with Crippen LogP contribution in [0.4, 0.5) is 0 Å². The Kier molecular flexibility index (Phi) is 3.11. The molecule has 0 saturated heterocycles. The van der Waals surface area contributed by atoms with Crippen molar-refractivity contribution in [2.75, 3.05) is 0 Å². The summed E-state index contributed by atoms with van der Waals surface area (Å²) in [7, 11) is 0. The third-order valence-corrected chi connectivity index (χ3v) is 8.12. The molecule has 3 saturated carbocycles. The van der Waals surface area contributed by atoms with Gasteiger partial charge in [0.1, 0.15) is 0 Å². The van der Waals surface area contributed by atoms with Gasteiger partial charge in [0.05, 0.1) is 12.2 Å². The van der Waals surface area contributed by atoms with Crippen molar-refractivity contribution in [1.29, 1.82) is 0 Å². The van der Waals surface area contributed by atoms with Gasteiger partial charge >= 0.3 is 0 Å². The quantitative estimate of drug-likeness (QED) is 0.670. The minimum Gasteiger partial charge on any atom is -0.393 e. The molecule has 2 nitrogen and oxygen atoms in total. The SMILES string of the molecule is C[C@]12C=CC(O)C[C@@H]1CC[C@@H]1[C@@H]2CC[C@]2(C)C(O)CC[C@@H]12. The summed E-state index contributed by atoms with van der Waals surface area (Å²) in [6.45, 7) is 4.80. The van der Waals surface area contributed by atoms with E-state index in [0.29, 0.717) is 5.92 Å². The number of hydrogen-bond acceptors (Lipinski definition) is 2. The van der Waals surface area contributed by atoms with Crippen molar-refractivity contribution in [3.05, 3.63) is 12.2 Å². The van der Waals surface area contributed by atoms with Gasteiger partial charge < -0.3 is 10.2 Å². The van der Waals surface area contributed by atoms with Crippen LogP contribution >= 0.6 is 0 Å². The van der Waals surface area contributed by atoms with Gasteiger partial charge in [-0.15, -0.1) is 0 Å². The van der Waals surface area contributed by atoms with Crippen LogP contribution in [0.2, 0.25) is 0 Å². The van der Waals surface area contributed by atoms with Crippen molar-refractivity contribution < 1.29 is 10.2 Å². The molecule has 8 atom stereocenters. The highest BCUT2D eigenvalue weighted by Crippen LogP contribution is 2.65. The molecule has 0 bridgehead atoms. The van der Waals surface area contributed by atoms with Crippen LogP contribution in [0.25, 0.3) is 0 Å². The van der Waals surface area contributed by atoms with Crippen LogP contribution in [0.15, 0.2) is 12.2 Å². The van der Waals surface area contributed by atoms with Crippen molar-refractivity contribution in [3.63, 3.8) is 0 Å². The van der Waals surface area contributed by atoms with Crippen molar-refractivity contribution in [1.82, 2.24) is 0 Å². The Hall–Kier alpha value is -0.340. The van der Waals surface area contributed by atoms with Crippen LogP contribution < -0.4 is 0 Å². The number of aliphatic hydroxyl groups excluding tert-OH is 2. The summed E-state index contributed by atoms with van der Waals surface area (Å²) in [4.78, 5) is 0. The standard InChI is InChI=1S/C19H30O2/c1-18-9-7-13(20)11-12(18)3-4-14-15-5-6-17(21)19(15,2)10-8-16(14)18/h7,9,12-17,20-21H,3-6,8,10-11H2,1-2H3/t12-,13?,14-,15-,16-,17?,18-,19-/m0/s1. The fourth-order valence-electron chi connectivity index (χ4n) is 6.76. The number of fused-ring (bicyclic) bond motifs is 5. The fraction of sp³-hybridized carbons (Fsp3) is 0.895. The lowest BCUT2D eigenvalue weighted by Crippen LogP contribution is -2.53. The first-order valence-corrected chi connectivity index (χ1v) is 9.00. The molecule has 4 rings (SSSR count). The molecule has 4 aliphatic rings. The van der Waals surface area contributed by atoms with Crippen molar-refractivity contribution in [2.45, 2.75) is 71.0 Å². The lowest BCUT2D eigenvalue weighted by Gasteiger charge is -2.59. The molecule has 0 aromatic rings. The van der Waals surface area contributed by atoms with E-state index in [1.807, 2.05) is 0 Å². The van der Waals surface area contributed by atoms with Gasteiger partial charge in [0, 0.05) is 0 Å². The average molecular weight is 290 g/mol. The highest BCUT2D eigenvalue weighted by atomic mass is 16.3. The number of aliphatic hydroxyl groups is 2. The molecule has 4 aliphatic carbocycles. The van der Waals surface area contributed by atoms with Crippen molar-refractivity contribution in [3.8, 4) is 0 Å². The molecular formula is C19H30O2. The summed E-state index contributed by atoms with van der Waals surface area (Å²) in [6, 6.07) is 0.